The van der Waals surface area contributed by atoms with E-state index in [0.717, 1.165) is 0 Å². The lowest BCUT2D eigenvalue weighted by molar-refractivity contribution is -0.115. The summed E-state index contributed by atoms with van der Waals surface area (Å²) in [5.41, 5.74) is 1.00. The first kappa shape index (κ1) is 8.39. The van der Waals surface area contributed by atoms with Gasteiger partial charge in [-0.3, -0.25) is 4.79 Å². The van der Waals surface area contributed by atoms with Crippen molar-refractivity contribution in [2.24, 2.45) is 0 Å². The van der Waals surface area contributed by atoms with Gasteiger partial charge in [-0.15, -0.1) is 5.26 Å². The van der Waals surface area contributed by atoms with Crippen molar-refractivity contribution >= 4 is 5.78 Å². The number of hydrogen-bond donors (Lipinski definition) is 0. The maximum Gasteiger partial charge on any atom is 0.235 e. The molecule has 0 bridgehead atoms. The Labute approximate surface area is 71.5 Å². The normalized spacial score (nSPS) is 14.0. The van der Waals surface area contributed by atoms with Crippen LogP contribution in [0.15, 0.2) is 29.4 Å². The first-order chi connectivity index (χ1) is 5.77. The van der Waals surface area contributed by atoms with E-state index in [1.165, 1.54) is 0 Å². The number of carbonyl (C=O) groups excluding carboxylic acids is 1. The summed E-state index contributed by atoms with van der Waals surface area (Å²) in [4.78, 5) is 11.2. The van der Waals surface area contributed by atoms with E-state index in [2.05, 4.69) is 6.08 Å². The van der Waals surface area contributed by atoms with E-state index in [4.69, 9.17) is 5.26 Å². The topological polar surface area (TPSA) is 40.9 Å². The molecular weight excluding hydrogens is 150 g/mol. The second-order valence-electron chi connectivity index (χ2n) is 2.38. The van der Waals surface area contributed by atoms with E-state index in [-0.39, 0.29) is 5.78 Å². The average molecular weight is 158 g/mol. The number of nitrogens with zero attached hydrogens (tertiary/aromatic N) is 1. The van der Waals surface area contributed by atoms with Gasteiger partial charge in [-0.1, -0.05) is 6.92 Å². The minimum atomic E-state index is 0.0560. The molecule has 0 spiro atoms. The molecule has 0 N–H and O–H groups in total. The lowest BCUT2D eigenvalue weighted by Crippen LogP contribution is -2.00. The van der Waals surface area contributed by atoms with Crippen molar-refractivity contribution in [2.75, 3.05) is 0 Å². The highest BCUT2D eigenvalue weighted by Crippen LogP contribution is 2.11. The van der Waals surface area contributed by atoms with Gasteiger partial charge in [0.25, 0.3) is 0 Å². The van der Waals surface area contributed by atoms with E-state index in [0.29, 0.717) is 17.6 Å². The van der Waals surface area contributed by atoms with Crippen LogP contribution in [-0.2, 0) is 4.79 Å². The van der Waals surface area contributed by atoms with E-state index in [9.17, 15) is 4.79 Å². The van der Waals surface area contributed by atoms with Crippen molar-refractivity contribution in [3.05, 3.63) is 35.5 Å². The maximum atomic E-state index is 11.2. The van der Waals surface area contributed by atoms with Crippen LogP contribution in [0.5, 0.6) is 0 Å². The molecule has 0 fully saturated rings. The minimum absolute atomic E-state index is 0.0560. The first-order valence-electron chi connectivity index (χ1n) is 3.73. The fraction of sp³-hybridized carbons (Fsp3) is 0.200. The molecule has 0 aliphatic heterocycles. The van der Waals surface area contributed by atoms with Crippen molar-refractivity contribution in [1.82, 2.24) is 0 Å². The minimum Gasteiger partial charge on any atom is -0.292 e. The van der Waals surface area contributed by atoms with Crippen LogP contribution in [0.1, 0.15) is 13.3 Å². The number of allylic oxidation sites excluding steroid dienone is 6. The molecule has 0 aromatic rings. The van der Waals surface area contributed by atoms with Crippen LogP contribution in [0.25, 0.3) is 0 Å². The van der Waals surface area contributed by atoms with Crippen LogP contribution in [-0.4, -0.2) is 5.78 Å². The Bertz CT molecular complexity index is 326. The molecule has 0 saturated heterocycles. The number of rotatable bonds is 2. The van der Waals surface area contributed by atoms with Gasteiger partial charge in [0.1, 0.15) is 5.57 Å². The highest BCUT2D eigenvalue weighted by molar-refractivity contribution is 5.98. The van der Waals surface area contributed by atoms with Crippen LogP contribution >= 0.6 is 0 Å². The Morgan fingerprint density at radius 3 is 3.08 bits per heavy atom. The average Bonchev–Trinajstić information content (AvgIpc) is 2.17. The van der Waals surface area contributed by atoms with Crippen molar-refractivity contribution in [1.29, 1.82) is 5.26 Å². The molecule has 1 aliphatic carbocycles. The van der Waals surface area contributed by atoms with Gasteiger partial charge in [0.15, 0.2) is 5.78 Å². The molecule has 0 aromatic carbocycles. The third kappa shape index (κ3) is 1.66. The number of Topliss-reactive ketones (excluding diaryl/α,β-unsaturated/α-hetero) is 1. The van der Waals surface area contributed by atoms with Crippen LogP contribution in [0.2, 0.25) is 0 Å². The van der Waals surface area contributed by atoms with Gasteiger partial charge < -0.3 is 0 Å². The van der Waals surface area contributed by atoms with Gasteiger partial charge in [-0.2, -0.15) is 0 Å². The second kappa shape index (κ2) is 3.61. The molecule has 2 nitrogen and oxygen atoms in total. The van der Waals surface area contributed by atoms with E-state index >= 15 is 0 Å². The number of carbonyl (C=O) groups is 1. The first-order valence-corrected chi connectivity index (χ1v) is 3.73. The third-order valence-electron chi connectivity index (χ3n) is 1.57. The van der Waals surface area contributed by atoms with Gasteiger partial charge in [0, 0.05) is 18.6 Å². The van der Waals surface area contributed by atoms with Gasteiger partial charge in [0.2, 0.25) is 11.6 Å². The smallest absolute Gasteiger partial charge is 0.235 e. The molecule has 2 heteroatoms. The van der Waals surface area contributed by atoms with Crippen molar-refractivity contribution in [3.8, 4) is 6.07 Å². The zero-order valence-electron chi connectivity index (χ0n) is 6.79. The molecule has 0 saturated carbocycles. The third-order valence-corrected chi connectivity index (χ3v) is 1.57. The Morgan fingerprint density at radius 2 is 2.50 bits per heavy atom. The highest BCUT2D eigenvalue weighted by atomic mass is 16.1. The molecule has 0 radical (unpaired) electrons. The summed E-state index contributed by atoms with van der Waals surface area (Å²) in [5.74, 6) is 0.0560. The molecule has 0 aromatic heterocycles. The summed E-state index contributed by atoms with van der Waals surface area (Å²) in [5, 5.41) is 8.52. The van der Waals surface area contributed by atoms with Gasteiger partial charge in [-0.05, 0) is 0 Å². The summed E-state index contributed by atoms with van der Waals surface area (Å²) < 4.78 is 0. The monoisotopic (exact) mass is 158 g/mol. The summed E-state index contributed by atoms with van der Waals surface area (Å²) in [6.45, 7) is 1.80. The molecule has 58 valence electrons. The Morgan fingerprint density at radius 1 is 1.75 bits per heavy atom. The predicted molar refractivity (Wildman–Crippen MR) is 44.9 cm³/mol. The molecule has 0 amide bonds. The summed E-state index contributed by atoms with van der Waals surface area (Å²) in [6, 6.07) is 1.94. The lowest BCUT2D eigenvalue weighted by atomic mass is 10.0. The second-order valence-corrected chi connectivity index (χ2v) is 2.38. The fourth-order valence-electron chi connectivity index (χ4n) is 0.909. The van der Waals surface area contributed by atoms with Crippen LogP contribution in [0, 0.1) is 17.4 Å². The summed E-state index contributed by atoms with van der Waals surface area (Å²) in [7, 11) is 0. The van der Waals surface area contributed by atoms with E-state index < -0.39 is 0 Å². The zero-order chi connectivity index (χ0) is 8.97. The SMILES string of the molecule is CCC(=O)C1=CC(C#N)=[C+]C=C1. The molecule has 12 heavy (non-hydrogen) atoms. The van der Waals surface area contributed by atoms with Crippen molar-refractivity contribution < 1.29 is 4.79 Å². The van der Waals surface area contributed by atoms with E-state index in [1.54, 1.807) is 25.2 Å². The maximum absolute atomic E-state index is 11.2. The highest BCUT2D eigenvalue weighted by Gasteiger charge is 2.14. The lowest BCUT2D eigenvalue weighted by Gasteiger charge is -1.93. The number of ketones is 1. The number of nitriles is 1. The van der Waals surface area contributed by atoms with Crippen LogP contribution in [0.4, 0.5) is 0 Å². The quantitative estimate of drug-likeness (QED) is 0.574. The molecule has 0 unspecified atom stereocenters. The van der Waals surface area contributed by atoms with E-state index in [1.807, 2.05) is 6.07 Å². The molecular formula is C10H8NO+. The molecule has 1 rings (SSSR count). The van der Waals surface area contributed by atoms with Gasteiger partial charge in [-0.25, -0.2) is 0 Å². The van der Waals surface area contributed by atoms with Crippen molar-refractivity contribution in [2.45, 2.75) is 13.3 Å². The Hall–Kier alpha value is -1.71. The standard InChI is InChI=1S/C10H8NO/c1-2-10(12)9-5-3-4-8(6-9)7-11/h3,5-6H,2H2,1H3/q+1. The van der Waals surface area contributed by atoms with Gasteiger partial charge >= 0.3 is 0 Å². The predicted octanol–water partition coefficient (Wildman–Crippen LogP) is 1.71. The van der Waals surface area contributed by atoms with Crippen LogP contribution in [0.3, 0.4) is 0 Å². The number of hydrogen-bond acceptors (Lipinski definition) is 2. The Kier molecular flexibility index (Phi) is 2.53. The van der Waals surface area contributed by atoms with Crippen molar-refractivity contribution in [3.63, 3.8) is 0 Å². The largest absolute Gasteiger partial charge is 0.292 e. The Balaban J connectivity index is 2.91. The summed E-state index contributed by atoms with van der Waals surface area (Å²) in [6.07, 6.45) is 8.02. The summed E-state index contributed by atoms with van der Waals surface area (Å²) >= 11 is 0. The van der Waals surface area contributed by atoms with Gasteiger partial charge in [0.05, 0.1) is 12.2 Å². The molecule has 0 heterocycles. The zero-order valence-corrected chi connectivity index (χ0v) is 6.79. The fourth-order valence-corrected chi connectivity index (χ4v) is 0.909. The van der Waals surface area contributed by atoms with Crippen LogP contribution < -0.4 is 0 Å². The molecule has 1 aliphatic rings. The molecule has 0 atom stereocenters.